The summed E-state index contributed by atoms with van der Waals surface area (Å²) in [6, 6.07) is 73.5. The van der Waals surface area contributed by atoms with Gasteiger partial charge in [-0.25, -0.2) is 0 Å². The molecule has 0 aromatic heterocycles. The Morgan fingerprint density at radius 1 is 0.318 bits per heavy atom. The zero-order valence-electron chi connectivity index (χ0n) is 61.3. The van der Waals surface area contributed by atoms with Gasteiger partial charge in [0.2, 0.25) is 6.71 Å². The van der Waals surface area contributed by atoms with Gasteiger partial charge in [0.25, 0.3) is 0 Å². The zero-order chi connectivity index (χ0) is 69.0. The number of anilines is 6. The summed E-state index contributed by atoms with van der Waals surface area (Å²) in [5, 5.41) is 0. The van der Waals surface area contributed by atoms with E-state index in [0.717, 1.165) is 106 Å². The maximum atomic E-state index is 9.60. The van der Waals surface area contributed by atoms with E-state index in [1.807, 2.05) is 36.4 Å². The molecule has 2 nitrogen and oxygen atoms in total. The summed E-state index contributed by atoms with van der Waals surface area (Å²) in [6.07, 6.45) is 0. The molecule has 88 heavy (non-hydrogen) atoms. The van der Waals surface area contributed by atoms with E-state index in [9.17, 15) is 5.48 Å². The number of hydrogen-bond acceptors (Lipinski definition) is 2. The largest absolute Gasteiger partial charge is 0.310 e. The Bertz CT molecular complexity index is 5100. The van der Waals surface area contributed by atoms with Crippen LogP contribution in [0.1, 0.15) is 115 Å². The van der Waals surface area contributed by atoms with Gasteiger partial charge in [-0.3, -0.25) is 0 Å². The zero-order valence-corrected chi connectivity index (χ0v) is 51.3. The van der Waals surface area contributed by atoms with E-state index in [1.54, 1.807) is 0 Å². The number of rotatable bonds is 7. The van der Waals surface area contributed by atoms with Crippen molar-refractivity contribution >= 4 is 57.2 Å². The molecule has 1 spiro atoms. The van der Waals surface area contributed by atoms with Crippen LogP contribution in [-0.4, -0.2) is 6.71 Å². The van der Waals surface area contributed by atoms with Crippen LogP contribution in [-0.2, 0) is 21.7 Å². The Balaban J connectivity index is 1.21. The molecule has 0 saturated heterocycles. The Labute approximate surface area is 535 Å². The monoisotopic (exact) mass is 1140 g/mol. The number of fused-ring (bicyclic) bond motifs is 10. The van der Waals surface area contributed by atoms with E-state index in [0.29, 0.717) is 16.8 Å². The molecule has 0 radical (unpaired) electrons. The first kappa shape index (κ1) is 44.7. The number of para-hydroxylation sites is 3. The molecular formula is C85H73BN2. The summed E-state index contributed by atoms with van der Waals surface area (Å²) < 4.78 is 92.2. The van der Waals surface area contributed by atoms with Crippen LogP contribution in [0.25, 0.3) is 55.6 Å². The molecule has 426 valence electrons. The average Bonchev–Trinajstić information content (AvgIpc) is 0.662. The molecule has 3 heteroatoms. The Kier molecular flexibility index (Phi) is 10.5. The van der Waals surface area contributed by atoms with Gasteiger partial charge < -0.3 is 9.80 Å². The minimum absolute atomic E-state index is 0.0622. The van der Waals surface area contributed by atoms with Crippen molar-refractivity contribution in [2.75, 3.05) is 9.80 Å². The maximum absolute atomic E-state index is 9.60. The van der Waals surface area contributed by atoms with Crippen molar-refractivity contribution in [1.82, 2.24) is 0 Å². The van der Waals surface area contributed by atoms with Crippen molar-refractivity contribution in [2.24, 2.45) is 0 Å². The average molecular weight is 1140 g/mol. The molecular weight excluding hydrogens is 1060 g/mol. The van der Waals surface area contributed by atoms with Gasteiger partial charge in [0.15, 0.2) is 0 Å². The normalized spacial score (nSPS) is 15.4. The van der Waals surface area contributed by atoms with Gasteiger partial charge in [0.1, 0.15) is 0 Å². The summed E-state index contributed by atoms with van der Waals surface area (Å²) in [7, 11) is 0. The van der Waals surface area contributed by atoms with Gasteiger partial charge in [-0.1, -0.05) is 292 Å². The molecule has 0 aliphatic carbocycles. The van der Waals surface area contributed by atoms with Crippen LogP contribution in [0.5, 0.6) is 0 Å². The third-order valence-electron chi connectivity index (χ3n) is 18.5. The highest BCUT2D eigenvalue weighted by atomic mass is 15.2. The molecule has 0 amide bonds. The molecule has 3 heterocycles. The second kappa shape index (κ2) is 20.7. The second-order valence-corrected chi connectivity index (χ2v) is 27.0. The Hall–Kier alpha value is -9.70. The highest BCUT2D eigenvalue weighted by Crippen LogP contribution is 2.61. The van der Waals surface area contributed by atoms with E-state index < -0.39 is 48.4 Å². The first-order valence-corrected chi connectivity index (χ1v) is 30.6. The summed E-state index contributed by atoms with van der Waals surface area (Å²) >= 11 is 0. The van der Waals surface area contributed by atoms with E-state index in [-0.39, 0.29) is 51.5 Å². The molecule has 12 aromatic carbocycles. The van der Waals surface area contributed by atoms with Crippen molar-refractivity contribution in [1.29, 1.82) is 0 Å². The van der Waals surface area contributed by atoms with Crippen LogP contribution in [0, 0.1) is 0 Å². The van der Waals surface area contributed by atoms with Crippen LogP contribution in [0.2, 0.25) is 0 Å². The van der Waals surface area contributed by atoms with Crippen LogP contribution in [0.15, 0.2) is 279 Å². The van der Waals surface area contributed by atoms with Crippen molar-refractivity contribution in [3.8, 4) is 55.6 Å². The van der Waals surface area contributed by atoms with Crippen molar-refractivity contribution < 1.29 is 13.7 Å². The predicted octanol–water partition coefficient (Wildman–Crippen LogP) is 20.7. The second-order valence-electron chi connectivity index (χ2n) is 27.0. The number of hydrogen-bond donors (Lipinski definition) is 0. The molecule has 0 atom stereocenters. The fourth-order valence-electron chi connectivity index (χ4n) is 14.1. The van der Waals surface area contributed by atoms with E-state index in [2.05, 4.69) is 254 Å². The quantitative estimate of drug-likeness (QED) is 0.147. The molecule has 3 aliphatic heterocycles. The molecule has 0 unspecified atom stereocenters. The lowest BCUT2D eigenvalue weighted by molar-refractivity contribution is 0.569. The Morgan fingerprint density at radius 3 is 1.31 bits per heavy atom. The summed E-state index contributed by atoms with van der Waals surface area (Å²) in [4.78, 5) is 4.77. The SMILES string of the molecule is [2H]c1c([2H])c([2H])c(-c2ccc3c(c2)B2c4ccc(-c5c([2H])c([2H])c([2H])c([2H])c5[2H])cc4N(c4c(-c5ccccc5)cc(C(C)(C)C)cc4-c4ccccc4)c4cc(-c5cc(C(C)(C)C)cc(C(C)(C)C)c5)cc(c42)C32c3ccccc3N(c3ccccc3)c3ccccc32)c([2H])c1[2H]. The fourth-order valence-corrected chi connectivity index (χ4v) is 14.1. The minimum atomic E-state index is -1.16. The van der Waals surface area contributed by atoms with Gasteiger partial charge in [0.05, 0.1) is 36.2 Å². The summed E-state index contributed by atoms with van der Waals surface area (Å²) in [6.45, 7) is 19.7. The standard InChI is InChI=1S/C85H73BN2/c1-82(2,3)64-47-62(48-65(53-64)83(4,5)6)63-49-73-80-79(52-63)88(81-68(58-33-19-12-20-34-58)54-66(84(7,8)9)55-69(81)59-35-21-13-22-36-59)78-51-61(57-31-17-11-18-32-57)44-46-74(78)86(80)75-50-60(56-29-15-10-16-30-56)43-45-70(75)85(73)71-39-25-27-41-76(71)87(67-37-23-14-24-38-67)77-42-28-26-40-72(77)85/h10-55H,1-9H3/i10D,11D,15D,16D,17D,18D,29D,30D,31D,32D. The fraction of sp³-hybridized carbons (Fsp3) is 0.153. The number of benzene rings is 12. The molecule has 0 saturated carbocycles. The molecule has 0 N–H and O–H groups in total. The first-order chi connectivity index (χ1) is 46.7. The molecule has 15 rings (SSSR count). The van der Waals surface area contributed by atoms with E-state index >= 15 is 0 Å². The third kappa shape index (κ3) is 8.92. The number of nitrogens with zero attached hydrogens (tertiary/aromatic N) is 2. The van der Waals surface area contributed by atoms with Gasteiger partial charge >= 0.3 is 0 Å². The highest BCUT2D eigenvalue weighted by molar-refractivity contribution is 6.99. The van der Waals surface area contributed by atoms with Crippen LogP contribution >= 0.6 is 0 Å². The predicted molar refractivity (Wildman–Crippen MR) is 376 cm³/mol. The molecule has 12 aromatic rings. The van der Waals surface area contributed by atoms with E-state index in [4.69, 9.17) is 8.22 Å². The lowest BCUT2D eigenvalue weighted by Crippen LogP contribution is -2.65. The lowest BCUT2D eigenvalue weighted by atomic mass is 9.29. The van der Waals surface area contributed by atoms with Crippen LogP contribution < -0.4 is 26.2 Å². The van der Waals surface area contributed by atoms with Gasteiger partial charge in [-0.05, 0) is 165 Å². The summed E-state index contributed by atoms with van der Waals surface area (Å²) in [5.41, 5.74) is 20.2. The maximum Gasteiger partial charge on any atom is 0.247 e. The van der Waals surface area contributed by atoms with Crippen LogP contribution in [0.3, 0.4) is 0 Å². The highest BCUT2D eigenvalue weighted by Gasteiger charge is 2.55. The van der Waals surface area contributed by atoms with Gasteiger partial charge in [-0.2, -0.15) is 0 Å². The van der Waals surface area contributed by atoms with Crippen molar-refractivity contribution in [2.45, 2.75) is 84.0 Å². The molecule has 3 aliphatic rings. The van der Waals surface area contributed by atoms with Crippen molar-refractivity contribution in [3.63, 3.8) is 0 Å². The lowest BCUT2D eigenvalue weighted by Gasteiger charge is -2.52. The molecule has 0 bridgehead atoms. The molecule has 0 fully saturated rings. The minimum Gasteiger partial charge on any atom is -0.310 e. The smallest absolute Gasteiger partial charge is 0.247 e. The Morgan fingerprint density at radius 2 is 0.773 bits per heavy atom. The topological polar surface area (TPSA) is 6.48 Å². The van der Waals surface area contributed by atoms with Crippen LogP contribution in [0.4, 0.5) is 34.1 Å². The summed E-state index contributed by atoms with van der Waals surface area (Å²) in [5.74, 6) is 0. The first-order valence-electron chi connectivity index (χ1n) is 35.6. The van der Waals surface area contributed by atoms with Gasteiger partial charge in [-0.15, -0.1) is 0 Å². The third-order valence-corrected chi connectivity index (χ3v) is 18.5. The van der Waals surface area contributed by atoms with Gasteiger partial charge in [0, 0.05) is 28.2 Å². The van der Waals surface area contributed by atoms with E-state index in [1.165, 1.54) is 11.1 Å². The van der Waals surface area contributed by atoms with Crippen molar-refractivity contribution in [3.05, 3.63) is 318 Å².